The summed E-state index contributed by atoms with van der Waals surface area (Å²) in [5, 5.41) is 8.30. The van der Waals surface area contributed by atoms with E-state index >= 15 is 0 Å². The van der Waals surface area contributed by atoms with Crippen molar-refractivity contribution < 1.29 is 23.0 Å². The summed E-state index contributed by atoms with van der Waals surface area (Å²) in [5.74, 6) is 0.136. The highest BCUT2D eigenvalue weighted by molar-refractivity contribution is 7.53. The first kappa shape index (κ1) is 48.4. The van der Waals surface area contributed by atoms with E-state index in [4.69, 9.17) is 9.05 Å². The van der Waals surface area contributed by atoms with Gasteiger partial charge in [0.2, 0.25) is 17.1 Å². The number of nitrogens with one attached hydrogen (secondary N) is 2. The molecular weight excluding hydrogens is 756 g/mol. The van der Waals surface area contributed by atoms with Crippen LogP contribution in [0, 0.1) is 0 Å². The highest BCUT2D eigenvalue weighted by atomic mass is 31.2. The number of aryl methyl sites for hydroxylation is 2. The third kappa shape index (κ3) is 15.3. The second-order valence-electron chi connectivity index (χ2n) is 16.1. The predicted octanol–water partition coefficient (Wildman–Crippen LogP) is 9.65. The smallest absolute Gasteiger partial charge is 0.330 e. The molecule has 328 valence electrons. The minimum Gasteiger partial charge on any atom is -0.382 e. The van der Waals surface area contributed by atoms with Crippen LogP contribution in [0.1, 0.15) is 117 Å². The number of carbonyl (C=O) groups excluding carboxylic acids is 1. The quantitative estimate of drug-likeness (QED) is 0.0553. The van der Waals surface area contributed by atoms with E-state index in [-0.39, 0.29) is 11.9 Å². The first-order valence-corrected chi connectivity index (χ1v) is 24.7. The number of carbonyl (C=O) groups is 1. The SMILES string of the molecule is CCOP(=O)(CCC[n+]1c(C=Cc2ccc3c(c2)CCCN3CCC(=O)NC(C)CCCN(CC)CC)cc(NC(C)CCCN(CC)CC)c2ccccc21)OCC. The van der Waals surface area contributed by atoms with Gasteiger partial charge in [-0.3, -0.25) is 9.36 Å². The molecule has 0 saturated heterocycles. The maximum Gasteiger partial charge on any atom is 0.330 e. The van der Waals surface area contributed by atoms with E-state index in [0.717, 1.165) is 113 Å². The molecule has 0 fully saturated rings. The van der Waals surface area contributed by atoms with Crippen molar-refractivity contribution in [1.82, 2.24) is 15.1 Å². The highest BCUT2D eigenvalue weighted by Gasteiger charge is 2.26. The fourth-order valence-electron chi connectivity index (χ4n) is 8.40. The van der Waals surface area contributed by atoms with Crippen molar-refractivity contribution in [2.45, 2.75) is 125 Å². The number of nitrogens with zero attached hydrogens (tertiary/aromatic N) is 4. The Morgan fingerprint density at radius 3 is 2.19 bits per heavy atom. The van der Waals surface area contributed by atoms with Gasteiger partial charge in [-0.05, 0) is 141 Å². The zero-order valence-corrected chi connectivity index (χ0v) is 38.8. The molecule has 0 aliphatic carbocycles. The Morgan fingerprint density at radius 2 is 1.53 bits per heavy atom. The lowest BCUT2D eigenvalue weighted by Gasteiger charge is -2.31. The minimum absolute atomic E-state index is 0.136. The van der Waals surface area contributed by atoms with Crippen LogP contribution in [0.15, 0.2) is 48.5 Å². The number of anilines is 2. The zero-order chi connectivity index (χ0) is 42.6. The number of para-hydroxylation sites is 1. The Balaban J connectivity index is 1.53. The molecular formula is C48H78N6O4P+. The number of aromatic nitrogens is 1. The van der Waals surface area contributed by atoms with Crippen LogP contribution in [0.3, 0.4) is 0 Å². The van der Waals surface area contributed by atoms with Gasteiger partial charge in [0.15, 0.2) is 0 Å². The van der Waals surface area contributed by atoms with Gasteiger partial charge < -0.3 is 34.4 Å². The van der Waals surface area contributed by atoms with Gasteiger partial charge in [-0.1, -0.05) is 45.9 Å². The summed E-state index contributed by atoms with van der Waals surface area (Å²) in [6.07, 6.45) is 12.4. The summed E-state index contributed by atoms with van der Waals surface area (Å²) in [6.45, 7) is 26.6. The van der Waals surface area contributed by atoms with Gasteiger partial charge in [0.1, 0.15) is 6.54 Å². The summed E-state index contributed by atoms with van der Waals surface area (Å²) in [4.78, 5) is 20.3. The van der Waals surface area contributed by atoms with Crippen molar-refractivity contribution in [3.8, 4) is 0 Å². The predicted molar refractivity (Wildman–Crippen MR) is 250 cm³/mol. The Hall–Kier alpha value is -3.27. The summed E-state index contributed by atoms with van der Waals surface area (Å²) >= 11 is 0. The molecule has 0 radical (unpaired) electrons. The first-order valence-electron chi connectivity index (χ1n) is 23.0. The molecule has 0 bridgehead atoms. The summed E-state index contributed by atoms with van der Waals surface area (Å²) in [6, 6.07) is 18.1. The molecule has 2 atom stereocenters. The molecule has 59 heavy (non-hydrogen) atoms. The van der Waals surface area contributed by atoms with Crippen LogP contribution in [0.2, 0.25) is 0 Å². The second-order valence-corrected chi connectivity index (χ2v) is 18.3. The van der Waals surface area contributed by atoms with E-state index in [9.17, 15) is 9.36 Å². The van der Waals surface area contributed by atoms with Gasteiger partial charge in [0, 0.05) is 61.9 Å². The Kier molecular flexibility index (Phi) is 20.9. The van der Waals surface area contributed by atoms with Gasteiger partial charge in [-0.25, -0.2) is 0 Å². The number of amides is 1. The molecule has 2 unspecified atom stereocenters. The Bertz CT molecular complexity index is 1780. The average molecular weight is 834 g/mol. The van der Waals surface area contributed by atoms with E-state index in [2.05, 4.69) is 132 Å². The average Bonchev–Trinajstić information content (AvgIpc) is 3.23. The summed E-state index contributed by atoms with van der Waals surface area (Å²) < 4.78 is 27.1. The molecule has 2 N–H and O–H groups in total. The van der Waals surface area contributed by atoms with E-state index < -0.39 is 7.60 Å². The van der Waals surface area contributed by atoms with Crippen LogP contribution in [-0.2, 0) is 31.4 Å². The van der Waals surface area contributed by atoms with Crippen LogP contribution >= 0.6 is 7.60 Å². The van der Waals surface area contributed by atoms with Crippen LogP contribution in [0.25, 0.3) is 23.1 Å². The lowest BCUT2D eigenvalue weighted by molar-refractivity contribution is -0.672. The van der Waals surface area contributed by atoms with E-state index in [0.29, 0.717) is 44.8 Å². The molecule has 4 rings (SSSR count). The van der Waals surface area contributed by atoms with Crippen molar-refractivity contribution in [3.05, 3.63) is 65.4 Å². The first-order chi connectivity index (χ1) is 28.6. The molecule has 0 saturated carbocycles. The van der Waals surface area contributed by atoms with Crippen molar-refractivity contribution in [3.63, 3.8) is 0 Å². The molecule has 10 nitrogen and oxygen atoms in total. The molecule has 1 aromatic heterocycles. The number of rotatable bonds is 28. The standard InChI is InChI=1S/C48H77N6O4P/c1-9-51(10-2)31-17-21-39(7)49-45-38-43(54(47-25-16-15-24-44(45)47)34-20-36-59(56,57-13-5)58-14-6)28-26-41-27-29-46-42(37-41)23-19-33-53(46)35-30-48(55)50-40(8)22-18-32-52(11-3)12-4/h15-16,24-29,37-40H,9-14,17-23,30-36H2,1-8H3,(H,50,55)/p+1. The maximum absolute atomic E-state index is 13.4. The fraction of sp³-hybridized carbons (Fsp3) is 0.625. The lowest BCUT2D eigenvalue weighted by Crippen LogP contribution is -2.39. The van der Waals surface area contributed by atoms with E-state index in [1.54, 1.807) is 0 Å². The third-order valence-corrected chi connectivity index (χ3v) is 13.9. The lowest BCUT2D eigenvalue weighted by atomic mass is 9.98. The van der Waals surface area contributed by atoms with Crippen molar-refractivity contribution >= 4 is 47.9 Å². The fourth-order valence-corrected chi connectivity index (χ4v) is 10.0. The highest BCUT2D eigenvalue weighted by Crippen LogP contribution is 2.48. The largest absolute Gasteiger partial charge is 0.382 e. The zero-order valence-electron chi connectivity index (χ0n) is 37.9. The molecule has 2 heterocycles. The number of hydrogen-bond acceptors (Lipinski definition) is 8. The van der Waals surface area contributed by atoms with E-state index in [1.807, 2.05) is 13.8 Å². The molecule has 1 aliphatic heterocycles. The van der Waals surface area contributed by atoms with Gasteiger partial charge in [0.25, 0.3) is 0 Å². The monoisotopic (exact) mass is 834 g/mol. The van der Waals surface area contributed by atoms with Gasteiger partial charge in [-0.2, -0.15) is 4.57 Å². The van der Waals surface area contributed by atoms with Crippen LogP contribution in [-0.4, -0.2) is 99.5 Å². The molecule has 0 spiro atoms. The molecule has 11 heteroatoms. The third-order valence-electron chi connectivity index (χ3n) is 11.7. The maximum atomic E-state index is 13.4. The number of benzene rings is 2. The second kappa shape index (κ2) is 25.5. The van der Waals surface area contributed by atoms with Crippen LogP contribution in [0.5, 0.6) is 0 Å². The molecule has 1 amide bonds. The summed E-state index contributed by atoms with van der Waals surface area (Å²) in [7, 11) is -3.16. The van der Waals surface area contributed by atoms with Crippen molar-refractivity contribution in [2.24, 2.45) is 0 Å². The van der Waals surface area contributed by atoms with Gasteiger partial charge >= 0.3 is 7.60 Å². The Labute approximate surface area is 357 Å². The molecule has 2 aromatic carbocycles. The Morgan fingerprint density at radius 1 is 0.864 bits per heavy atom. The van der Waals surface area contributed by atoms with Crippen LogP contribution in [0.4, 0.5) is 11.4 Å². The molecule has 1 aliphatic rings. The van der Waals surface area contributed by atoms with E-state index in [1.165, 1.54) is 16.6 Å². The normalized spacial score (nSPS) is 14.4. The minimum atomic E-state index is -3.16. The number of fused-ring (bicyclic) bond motifs is 2. The van der Waals surface area contributed by atoms with Crippen molar-refractivity contribution in [2.75, 3.05) is 82.0 Å². The van der Waals surface area contributed by atoms with Gasteiger partial charge in [0.05, 0.1) is 30.4 Å². The number of pyridine rings is 1. The number of hydrogen-bond donors (Lipinski definition) is 2. The summed E-state index contributed by atoms with van der Waals surface area (Å²) in [5.41, 5.74) is 7.06. The van der Waals surface area contributed by atoms with Crippen LogP contribution < -0.4 is 20.1 Å². The van der Waals surface area contributed by atoms with Gasteiger partial charge in [-0.15, -0.1) is 0 Å². The molecule has 3 aromatic rings. The van der Waals surface area contributed by atoms with Crippen molar-refractivity contribution in [1.29, 1.82) is 0 Å². The topological polar surface area (TPSA) is 90.3 Å².